The summed E-state index contributed by atoms with van der Waals surface area (Å²) < 4.78 is 0. The number of carbonyl (C=O) groups is 2. The molecule has 0 saturated carbocycles. The molecule has 3 amide bonds. The first-order chi connectivity index (χ1) is 12.4. The Balaban J connectivity index is 1.76. The Hall–Kier alpha value is -1.95. The molecule has 0 radical (unpaired) electrons. The van der Waals surface area contributed by atoms with E-state index in [2.05, 4.69) is 24.5 Å². The molecule has 1 heterocycles. The van der Waals surface area contributed by atoms with E-state index in [1.54, 1.807) is 11.0 Å². The molecular formula is C19H28ClN3O3. The number of carbonyl (C=O) groups excluding carboxylic acids is 2. The van der Waals surface area contributed by atoms with E-state index in [4.69, 9.17) is 11.6 Å². The zero-order chi connectivity index (χ0) is 19.1. The molecule has 1 saturated heterocycles. The maximum Gasteiger partial charge on any atom is 0.317 e. The number of hydrogen-bond acceptors (Lipinski definition) is 3. The maximum absolute atomic E-state index is 12.4. The second kappa shape index (κ2) is 9.67. The highest BCUT2D eigenvalue weighted by molar-refractivity contribution is 6.31. The molecule has 1 aromatic carbocycles. The minimum atomic E-state index is -0.182. The molecule has 2 rings (SSSR count). The number of nitrogens with one attached hydrogen (secondary N) is 2. The average molecular weight is 382 g/mol. The van der Waals surface area contributed by atoms with Gasteiger partial charge in [-0.15, -0.1) is 0 Å². The van der Waals surface area contributed by atoms with Crippen LogP contribution in [0.1, 0.15) is 39.5 Å². The summed E-state index contributed by atoms with van der Waals surface area (Å²) in [7, 11) is 0. The Morgan fingerprint density at radius 3 is 2.65 bits per heavy atom. The molecular weight excluding hydrogens is 354 g/mol. The third-order valence-electron chi connectivity index (χ3n) is 4.60. The number of halogens is 1. The summed E-state index contributed by atoms with van der Waals surface area (Å²) in [4.78, 5) is 26.3. The molecule has 3 N–H and O–H groups in total. The Morgan fingerprint density at radius 1 is 1.31 bits per heavy atom. The van der Waals surface area contributed by atoms with Crippen LogP contribution >= 0.6 is 11.6 Å². The van der Waals surface area contributed by atoms with Crippen molar-refractivity contribution in [2.45, 2.75) is 39.5 Å². The average Bonchev–Trinajstić information content (AvgIpc) is 2.61. The number of anilines is 1. The summed E-state index contributed by atoms with van der Waals surface area (Å²) in [6, 6.07) is 4.48. The van der Waals surface area contributed by atoms with Crippen LogP contribution in [-0.4, -0.2) is 41.6 Å². The molecule has 1 fully saturated rings. The number of benzene rings is 1. The molecule has 7 heteroatoms. The van der Waals surface area contributed by atoms with Crippen molar-refractivity contribution in [3.63, 3.8) is 0 Å². The van der Waals surface area contributed by atoms with Crippen molar-refractivity contribution < 1.29 is 14.7 Å². The molecule has 0 atom stereocenters. The Bertz CT molecular complexity index is 628. The highest BCUT2D eigenvalue weighted by Gasteiger charge is 2.27. The fourth-order valence-corrected chi connectivity index (χ4v) is 3.18. The molecule has 0 aliphatic carbocycles. The van der Waals surface area contributed by atoms with Gasteiger partial charge < -0.3 is 20.6 Å². The zero-order valence-electron chi connectivity index (χ0n) is 15.4. The quantitative estimate of drug-likeness (QED) is 0.517. The summed E-state index contributed by atoms with van der Waals surface area (Å²) in [5.41, 5.74) is 0.313. The van der Waals surface area contributed by atoms with Crippen LogP contribution in [0.4, 0.5) is 10.5 Å². The largest absolute Gasteiger partial charge is 0.506 e. The zero-order valence-corrected chi connectivity index (χ0v) is 16.2. The van der Waals surface area contributed by atoms with Crippen molar-refractivity contribution in [3.8, 4) is 5.75 Å². The van der Waals surface area contributed by atoms with Crippen LogP contribution in [0.2, 0.25) is 5.02 Å². The maximum atomic E-state index is 12.4. The van der Waals surface area contributed by atoms with Gasteiger partial charge in [0.2, 0.25) is 5.91 Å². The Kier molecular flexibility index (Phi) is 7.57. The molecule has 26 heavy (non-hydrogen) atoms. The van der Waals surface area contributed by atoms with E-state index in [0.29, 0.717) is 49.1 Å². The number of urea groups is 1. The van der Waals surface area contributed by atoms with Gasteiger partial charge in [-0.25, -0.2) is 4.79 Å². The van der Waals surface area contributed by atoms with E-state index in [9.17, 15) is 14.7 Å². The highest BCUT2D eigenvalue weighted by atomic mass is 35.5. The third kappa shape index (κ3) is 6.09. The van der Waals surface area contributed by atoms with Crippen molar-refractivity contribution in [2.75, 3.05) is 25.0 Å². The van der Waals surface area contributed by atoms with E-state index in [0.717, 1.165) is 12.8 Å². The Morgan fingerprint density at radius 2 is 2.00 bits per heavy atom. The van der Waals surface area contributed by atoms with E-state index in [1.807, 2.05) is 0 Å². The SMILES string of the molecule is CC(C)CCCNC(=O)N1CCC(C(=O)Nc2cc(Cl)ccc2O)CC1. The fraction of sp³-hybridized carbons (Fsp3) is 0.579. The third-order valence-corrected chi connectivity index (χ3v) is 4.84. The highest BCUT2D eigenvalue weighted by Crippen LogP contribution is 2.28. The first kappa shape index (κ1) is 20.4. The lowest BCUT2D eigenvalue weighted by molar-refractivity contribution is -0.121. The number of amides is 3. The number of hydrogen-bond donors (Lipinski definition) is 3. The van der Waals surface area contributed by atoms with Crippen LogP contribution in [0.15, 0.2) is 18.2 Å². The number of rotatable bonds is 6. The van der Waals surface area contributed by atoms with Gasteiger partial charge in [-0.2, -0.15) is 0 Å². The normalized spacial score (nSPS) is 15.2. The van der Waals surface area contributed by atoms with Crippen LogP contribution in [-0.2, 0) is 4.79 Å². The number of nitrogens with zero attached hydrogens (tertiary/aromatic N) is 1. The van der Waals surface area contributed by atoms with Gasteiger partial charge in [-0.1, -0.05) is 25.4 Å². The summed E-state index contributed by atoms with van der Waals surface area (Å²) in [5, 5.41) is 15.9. The van der Waals surface area contributed by atoms with Crippen LogP contribution < -0.4 is 10.6 Å². The molecule has 0 spiro atoms. The van der Waals surface area contributed by atoms with Crippen LogP contribution in [0.5, 0.6) is 5.75 Å². The molecule has 1 aliphatic rings. The number of phenols is 1. The number of aromatic hydroxyl groups is 1. The molecule has 144 valence electrons. The van der Waals surface area contributed by atoms with Gasteiger partial charge in [0.1, 0.15) is 5.75 Å². The van der Waals surface area contributed by atoms with Crippen molar-refractivity contribution in [1.82, 2.24) is 10.2 Å². The van der Waals surface area contributed by atoms with E-state index in [1.165, 1.54) is 12.1 Å². The van der Waals surface area contributed by atoms with E-state index in [-0.39, 0.29) is 23.6 Å². The van der Waals surface area contributed by atoms with Crippen molar-refractivity contribution in [2.24, 2.45) is 11.8 Å². The molecule has 1 aliphatic heterocycles. The predicted molar refractivity (Wildman–Crippen MR) is 104 cm³/mol. The second-order valence-corrected chi connectivity index (χ2v) is 7.62. The molecule has 1 aromatic rings. The van der Waals surface area contributed by atoms with Gasteiger partial charge in [-0.3, -0.25) is 4.79 Å². The van der Waals surface area contributed by atoms with E-state index < -0.39 is 0 Å². The summed E-state index contributed by atoms with van der Waals surface area (Å²) >= 11 is 5.90. The topological polar surface area (TPSA) is 81.7 Å². The van der Waals surface area contributed by atoms with Crippen LogP contribution in [0.25, 0.3) is 0 Å². The monoisotopic (exact) mass is 381 g/mol. The van der Waals surface area contributed by atoms with Gasteiger partial charge in [0.15, 0.2) is 0 Å². The van der Waals surface area contributed by atoms with Gasteiger partial charge in [0, 0.05) is 30.6 Å². The number of likely N-dealkylation sites (tertiary alicyclic amines) is 1. The molecule has 0 unspecified atom stereocenters. The summed E-state index contributed by atoms with van der Waals surface area (Å²) in [6.45, 7) is 6.12. The van der Waals surface area contributed by atoms with Gasteiger partial charge in [0.25, 0.3) is 0 Å². The fourth-order valence-electron chi connectivity index (χ4n) is 3.01. The predicted octanol–water partition coefficient (Wildman–Crippen LogP) is 3.84. The van der Waals surface area contributed by atoms with Gasteiger partial charge >= 0.3 is 6.03 Å². The minimum absolute atomic E-state index is 0.0130. The second-order valence-electron chi connectivity index (χ2n) is 7.18. The molecule has 0 aromatic heterocycles. The summed E-state index contributed by atoms with van der Waals surface area (Å²) in [6.07, 6.45) is 3.28. The van der Waals surface area contributed by atoms with Crippen LogP contribution in [0, 0.1) is 11.8 Å². The minimum Gasteiger partial charge on any atom is -0.506 e. The molecule has 6 nitrogen and oxygen atoms in total. The lowest BCUT2D eigenvalue weighted by Crippen LogP contribution is -2.46. The lowest BCUT2D eigenvalue weighted by Gasteiger charge is -2.31. The van der Waals surface area contributed by atoms with Gasteiger partial charge in [-0.05, 0) is 49.8 Å². The van der Waals surface area contributed by atoms with Gasteiger partial charge in [0.05, 0.1) is 5.69 Å². The number of phenolic OH excluding ortho intramolecular Hbond substituents is 1. The van der Waals surface area contributed by atoms with E-state index >= 15 is 0 Å². The Labute approximate surface area is 159 Å². The first-order valence-electron chi connectivity index (χ1n) is 9.19. The smallest absolute Gasteiger partial charge is 0.317 e. The number of piperidine rings is 1. The first-order valence-corrected chi connectivity index (χ1v) is 9.56. The summed E-state index contributed by atoms with van der Waals surface area (Å²) in [5.74, 6) is 0.291. The molecule has 0 bridgehead atoms. The van der Waals surface area contributed by atoms with Crippen LogP contribution in [0.3, 0.4) is 0 Å². The standard InChI is InChI=1S/C19H28ClN3O3/c1-13(2)4-3-9-21-19(26)23-10-7-14(8-11-23)18(25)22-16-12-15(20)5-6-17(16)24/h5-6,12-14,24H,3-4,7-11H2,1-2H3,(H,21,26)(H,22,25). The van der Waals surface area contributed by atoms with Crippen molar-refractivity contribution in [1.29, 1.82) is 0 Å². The lowest BCUT2D eigenvalue weighted by atomic mass is 9.96. The van der Waals surface area contributed by atoms with Crippen molar-refractivity contribution in [3.05, 3.63) is 23.2 Å². The van der Waals surface area contributed by atoms with Crippen molar-refractivity contribution >= 4 is 29.2 Å².